The minimum atomic E-state index is -0.659. The molecule has 2 N–H and O–H groups in total. The lowest BCUT2D eigenvalue weighted by Gasteiger charge is -2.35. The zero-order valence-electron chi connectivity index (χ0n) is 20.9. The highest BCUT2D eigenvalue weighted by Crippen LogP contribution is 2.48. The van der Waals surface area contributed by atoms with Crippen molar-refractivity contribution in [2.24, 2.45) is 0 Å². The maximum absolute atomic E-state index is 11.4. The Bertz CT molecular complexity index is 1690. The molecule has 2 heteroatoms. The molecule has 6 aromatic carbocycles. The molecular weight excluding hydrogens is 452 g/mol. The molecule has 0 spiro atoms. The van der Waals surface area contributed by atoms with Gasteiger partial charge >= 0.3 is 0 Å². The summed E-state index contributed by atoms with van der Waals surface area (Å²) in [6.45, 7) is 4.12. The second kappa shape index (κ2) is 8.83. The summed E-state index contributed by atoms with van der Waals surface area (Å²) < 4.78 is 0. The average molecular weight is 481 g/mol. The van der Waals surface area contributed by atoms with Crippen LogP contribution in [0.1, 0.15) is 29.2 Å². The fourth-order valence-corrected chi connectivity index (χ4v) is 5.71. The molecule has 0 aromatic heterocycles. The number of aromatic hydroxyl groups is 2. The average Bonchev–Trinajstić information content (AvgIpc) is 2.94. The lowest BCUT2D eigenvalue weighted by Crippen LogP contribution is -2.26. The molecule has 0 radical (unpaired) electrons. The summed E-state index contributed by atoms with van der Waals surface area (Å²) in [6.07, 6.45) is 0. The zero-order chi connectivity index (χ0) is 25.6. The van der Waals surface area contributed by atoms with Crippen LogP contribution in [0.4, 0.5) is 0 Å². The molecule has 0 aliphatic heterocycles. The molecule has 180 valence electrons. The van der Waals surface area contributed by atoms with Gasteiger partial charge in [-0.15, -0.1) is 0 Å². The van der Waals surface area contributed by atoms with Gasteiger partial charge in [-0.2, -0.15) is 0 Å². The summed E-state index contributed by atoms with van der Waals surface area (Å²) in [7, 11) is 0. The molecule has 0 atom stereocenters. The Morgan fingerprint density at radius 1 is 0.486 bits per heavy atom. The Labute approximate surface area is 217 Å². The molecule has 37 heavy (non-hydrogen) atoms. The quantitative estimate of drug-likeness (QED) is 0.248. The minimum Gasteiger partial charge on any atom is -0.508 e. The van der Waals surface area contributed by atoms with Crippen molar-refractivity contribution >= 4 is 21.5 Å². The molecule has 0 fully saturated rings. The number of phenols is 2. The maximum atomic E-state index is 11.4. The van der Waals surface area contributed by atoms with Crippen molar-refractivity contribution in [3.8, 4) is 22.6 Å². The number of hydrogen-bond acceptors (Lipinski definition) is 2. The SMILES string of the molecule is Cc1cc(-c2ccc(O)c(C(C)(c3cccc4ccccc34)c3cccc4ccccc34)c2)ccc1O. The summed E-state index contributed by atoms with van der Waals surface area (Å²) in [5, 5.41) is 26.2. The molecule has 0 aliphatic carbocycles. The number of rotatable bonds is 4. The normalized spacial score (nSPS) is 11.7. The van der Waals surface area contributed by atoms with Crippen molar-refractivity contribution in [2.75, 3.05) is 0 Å². The Balaban J connectivity index is 1.71. The summed E-state index contributed by atoms with van der Waals surface area (Å²) in [6, 6.07) is 41.2. The van der Waals surface area contributed by atoms with Gasteiger partial charge in [0.1, 0.15) is 11.5 Å². The number of phenolic OH excluding ortho intramolecular Hbond substituents is 2. The first kappa shape index (κ1) is 22.9. The molecule has 0 bridgehead atoms. The largest absolute Gasteiger partial charge is 0.508 e. The Hall–Kier alpha value is -4.56. The third-order valence-corrected chi connectivity index (χ3v) is 7.72. The fraction of sp³-hybridized carbons (Fsp3) is 0.0857. The van der Waals surface area contributed by atoms with Crippen LogP contribution in [0.2, 0.25) is 0 Å². The molecule has 0 heterocycles. The third-order valence-electron chi connectivity index (χ3n) is 7.72. The van der Waals surface area contributed by atoms with E-state index in [2.05, 4.69) is 97.9 Å². The second-order valence-corrected chi connectivity index (χ2v) is 9.91. The van der Waals surface area contributed by atoms with Gasteiger partial charge in [-0.25, -0.2) is 0 Å². The minimum absolute atomic E-state index is 0.252. The standard InChI is InChI=1S/C35H28O2/c1-23-21-26(17-19-33(23)36)27-18-20-34(37)32(22-27)35(2,30-15-7-11-24-9-3-5-13-28(24)30)31-16-8-12-25-10-4-6-14-29(25)31/h3-22,36-37H,1-2H3. The molecule has 2 nitrogen and oxygen atoms in total. The van der Waals surface area contributed by atoms with Crippen molar-refractivity contribution in [3.05, 3.63) is 144 Å². The molecule has 0 amide bonds. The number of benzene rings is 6. The number of aryl methyl sites for hydroxylation is 1. The molecule has 0 saturated heterocycles. The van der Waals surface area contributed by atoms with Crippen molar-refractivity contribution in [1.82, 2.24) is 0 Å². The van der Waals surface area contributed by atoms with E-state index in [1.165, 1.54) is 0 Å². The van der Waals surface area contributed by atoms with Gasteiger partial charge in [0.15, 0.2) is 0 Å². The lowest BCUT2D eigenvalue weighted by atomic mass is 9.68. The first-order chi connectivity index (χ1) is 18.0. The van der Waals surface area contributed by atoms with Gasteiger partial charge < -0.3 is 10.2 Å². The summed E-state index contributed by atoms with van der Waals surface area (Å²) >= 11 is 0. The van der Waals surface area contributed by atoms with Gasteiger partial charge in [-0.1, -0.05) is 97.1 Å². The van der Waals surface area contributed by atoms with E-state index < -0.39 is 5.41 Å². The molecular formula is C35H28O2. The van der Waals surface area contributed by atoms with Gasteiger partial charge in [0.25, 0.3) is 0 Å². The van der Waals surface area contributed by atoms with E-state index >= 15 is 0 Å². The van der Waals surface area contributed by atoms with Crippen molar-refractivity contribution < 1.29 is 10.2 Å². The Morgan fingerprint density at radius 3 is 1.54 bits per heavy atom. The zero-order valence-corrected chi connectivity index (χ0v) is 20.9. The summed E-state index contributed by atoms with van der Waals surface area (Å²) in [5.41, 5.74) is 5.25. The van der Waals surface area contributed by atoms with E-state index in [0.717, 1.165) is 54.9 Å². The van der Waals surface area contributed by atoms with E-state index in [-0.39, 0.29) is 11.5 Å². The van der Waals surface area contributed by atoms with Gasteiger partial charge in [-0.05, 0) is 87.5 Å². The highest BCUT2D eigenvalue weighted by atomic mass is 16.3. The highest BCUT2D eigenvalue weighted by molar-refractivity contribution is 5.92. The van der Waals surface area contributed by atoms with Gasteiger partial charge in [0.2, 0.25) is 0 Å². The van der Waals surface area contributed by atoms with Crippen molar-refractivity contribution in [2.45, 2.75) is 19.3 Å². The lowest BCUT2D eigenvalue weighted by molar-refractivity contribution is 0.458. The molecule has 6 rings (SSSR count). The van der Waals surface area contributed by atoms with E-state index in [0.29, 0.717) is 0 Å². The first-order valence-corrected chi connectivity index (χ1v) is 12.6. The smallest absolute Gasteiger partial charge is 0.120 e. The second-order valence-electron chi connectivity index (χ2n) is 9.91. The van der Waals surface area contributed by atoms with Gasteiger partial charge in [0, 0.05) is 11.0 Å². The number of fused-ring (bicyclic) bond motifs is 2. The van der Waals surface area contributed by atoms with Crippen LogP contribution < -0.4 is 0 Å². The van der Waals surface area contributed by atoms with Crippen molar-refractivity contribution in [1.29, 1.82) is 0 Å². The highest BCUT2D eigenvalue weighted by Gasteiger charge is 2.36. The van der Waals surface area contributed by atoms with Crippen LogP contribution in [0.3, 0.4) is 0 Å². The van der Waals surface area contributed by atoms with Crippen LogP contribution in [0, 0.1) is 6.92 Å². The topological polar surface area (TPSA) is 40.5 Å². The monoisotopic (exact) mass is 480 g/mol. The molecule has 0 saturated carbocycles. The Morgan fingerprint density at radius 2 is 0.973 bits per heavy atom. The predicted octanol–water partition coefficient (Wildman–Crippen LogP) is 8.73. The van der Waals surface area contributed by atoms with Crippen molar-refractivity contribution in [3.63, 3.8) is 0 Å². The van der Waals surface area contributed by atoms with Crippen LogP contribution in [0.25, 0.3) is 32.7 Å². The van der Waals surface area contributed by atoms with E-state index in [1.54, 1.807) is 12.1 Å². The van der Waals surface area contributed by atoms with Gasteiger partial charge in [-0.3, -0.25) is 0 Å². The van der Waals surface area contributed by atoms with E-state index in [1.807, 2.05) is 25.1 Å². The molecule has 6 aromatic rings. The first-order valence-electron chi connectivity index (χ1n) is 12.6. The van der Waals surface area contributed by atoms with E-state index in [4.69, 9.17) is 0 Å². The summed E-state index contributed by atoms with van der Waals surface area (Å²) in [4.78, 5) is 0. The fourth-order valence-electron chi connectivity index (χ4n) is 5.71. The van der Waals surface area contributed by atoms with Crippen LogP contribution in [-0.2, 0) is 5.41 Å². The van der Waals surface area contributed by atoms with Crippen LogP contribution >= 0.6 is 0 Å². The summed E-state index contributed by atoms with van der Waals surface area (Å²) in [5.74, 6) is 0.529. The third kappa shape index (κ3) is 3.73. The predicted molar refractivity (Wildman–Crippen MR) is 153 cm³/mol. The van der Waals surface area contributed by atoms with E-state index in [9.17, 15) is 10.2 Å². The molecule has 0 unspecified atom stereocenters. The van der Waals surface area contributed by atoms with Crippen LogP contribution in [0.5, 0.6) is 11.5 Å². The van der Waals surface area contributed by atoms with Gasteiger partial charge in [0.05, 0.1) is 0 Å². The Kier molecular flexibility index (Phi) is 5.46. The van der Waals surface area contributed by atoms with Crippen LogP contribution in [-0.4, -0.2) is 10.2 Å². The number of hydrogen-bond donors (Lipinski definition) is 2. The maximum Gasteiger partial charge on any atom is 0.120 e. The molecule has 0 aliphatic rings. The van der Waals surface area contributed by atoms with Crippen LogP contribution in [0.15, 0.2) is 121 Å².